The number of hydrogen-bond donors (Lipinski definition) is 1. The molecule has 1 heterocycles. The SMILES string of the molecule is Cc1ccc2c(c1[N+](=O)[O-])CCc1cc(C(=O)O)sc1-2. The van der Waals surface area contributed by atoms with Crippen molar-refractivity contribution in [3.8, 4) is 10.4 Å². The number of carbonyl (C=O) groups is 1. The lowest BCUT2D eigenvalue weighted by Crippen LogP contribution is -2.06. The smallest absolute Gasteiger partial charge is 0.345 e. The van der Waals surface area contributed by atoms with Gasteiger partial charge in [0.2, 0.25) is 0 Å². The molecule has 0 bridgehead atoms. The van der Waals surface area contributed by atoms with E-state index in [0.717, 1.165) is 21.6 Å². The first kappa shape index (κ1) is 12.8. The van der Waals surface area contributed by atoms with Gasteiger partial charge in [0, 0.05) is 21.6 Å². The highest BCUT2D eigenvalue weighted by Crippen LogP contribution is 2.43. The minimum atomic E-state index is -0.951. The van der Waals surface area contributed by atoms with E-state index >= 15 is 0 Å². The van der Waals surface area contributed by atoms with Crippen molar-refractivity contribution in [1.82, 2.24) is 0 Å². The number of hydrogen-bond acceptors (Lipinski definition) is 4. The molecule has 0 aliphatic heterocycles. The summed E-state index contributed by atoms with van der Waals surface area (Å²) in [5.74, 6) is -0.951. The Morgan fingerprint density at radius 3 is 2.80 bits per heavy atom. The summed E-state index contributed by atoms with van der Waals surface area (Å²) in [6, 6.07) is 5.26. The molecule has 0 atom stereocenters. The van der Waals surface area contributed by atoms with Gasteiger partial charge in [0.15, 0.2) is 0 Å². The Balaban J connectivity index is 2.25. The van der Waals surface area contributed by atoms with Crippen LogP contribution in [0.25, 0.3) is 10.4 Å². The van der Waals surface area contributed by atoms with E-state index in [4.69, 9.17) is 5.11 Å². The molecule has 1 N–H and O–H groups in total. The van der Waals surface area contributed by atoms with Crippen molar-refractivity contribution in [3.05, 3.63) is 49.9 Å². The van der Waals surface area contributed by atoms with Gasteiger partial charge in [-0.25, -0.2) is 4.79 Å². The third-order valence-electron chi connectivity index (χ3n) is 3.58. The largest absolute Gasteiger partial charge is 0.477 e. The quantitative estimate of drug-likeness (QED) is 0.678. The van der Waals surface area contributed by atoms with Crippen LogP contribution in [-0.2, 0) is 12.8 Å². The van der Waals surface area contributed by atoms with E-state index in [9.17, 15) is 14.9 Å². The van der Waals surface area contributed by atoms with Crippen molar-refractivity contribution >= 4 is 23.0 Å². The first-order chi connectivity index (χ1) is 9.49. The van der Waals surface area contributed by atoms with Crippen molar-refractivity contribution in [2.75, 3.05) is 0 Å². The van der Waals surface area contributed by atoms with Gasteiger partial charge in [-0.2, -0.15) is 0 Å². The molecule has 0 unspecified atom stereocenters. The molecule has 20 heavy (non-hydrogen) atoms. The van der Waals surface area contributed by atoms with Crippen LogP contribution in [0.5, 0.6) is 0 Å². The zero-order valence-electron chi connectivity index (χ0n) is 10.7. The molecule has 6 heteroatoms. The Bertz CT molecular complexity index is 748. The van der Waals surface area contributed by atoms with Crippen LogP contribution < -0.4 is 0 Å². The standard InChI is InChI=1S/C14H11NO4S/c1-7-2-4-10-9(12(7)15(18)19)5-3-8-6-11(14(16)17)20-13(8)10/h2,4,6H,3,5H2,1H3,(H,16,17). The molecule has 0 saturated carbocycles. The average molecular weight is 289 g/mol. The Hall–Kier alpha value is -2.21. The molecule has 0 spiro atoms. The summed E-state index contributed by atoms with van der Waals surface area (Å²) in [6.07, 6.45) is 1.23. The number of benzene rings is 1. The molecule has 0 fully saturated rings. The van der Waals surface area contributed by atoms with Gasteiger partial charge in [0.25, 0.3) is 5.69 Å². The van der Waals surface area contributed by atoms with Crippen LogP contribution in [0.15, 0.2) is 18.2 Å². The molecule has 1 aromatic carbocycles. The van der Waals surface area contributed by atoms with Crippen LogP contribution in [0.2, 0.25) is 0 Å². The Morgan fingerprint density at radius 1 is 1.40 bits per heavy atom. The van der Waals surface area contributed by atoms with Gasteiger partial charge in [-0.3, -0.25) is 10.1 Å². The fraction of sp³-hybridized carbons (Fsp3) is 0.214. The number of nitro groups is 1. The number of rotatable bonds is 2. The highest BCUT2D eigenvalue weighted by atomic mass is 32.1. The Labute approximate surface area is 118 Å². The zero-order chi connectivity index (χ0) is 14.4. The van der Waals surface area contributed by atoms with Gasteiger partial charge < -0.3 is 5.11 Å². The summed E-state index contributed by atoms with van der Waals surface area (Å²) in [6.45, 7) is 1.73. The van der Waals surface area contributed by atoms with Gasteiger partial charge in [0.05, 0.1) is 4.92 Å². The number of fused-ring (bicyclic) bond motifs is 3. The third-order valence-corrected chi connectivity index (χ3v) is 4.77. The van der Waals surface area contributed by atoms with E-state index in [0.29, 0.717) is 18.4 Å². The van der Waals surface area contributed by atoms with Crippen LogP contribution in [0.3, 0.4) is 0 Å². The molecule has 2 aromatic rings. The molecule has 1 aliphatic rings. The van der Waals surface area contributed by atoms with Crippen molar-refractivity contribution in [2.45, 2.75) is 19.8 Å². The van der Waals surface area contributed by atoms with Crippen LogP contribution in [0, 0.1) is 17.0 Å². The number of carboxylic acids is 1. The first-order valence-corrected chi connectivity index (χ1v) is 6.94. The van der Waals surface area contributed by atoms with Gasteiger partial charge in [-0.1, -0.05) is 12.1 Å². The molecule has 0 amide bonds. The summed E-state index contributed by atoms with van der Waals surface area (Å²) in [4.78, 5) is 23.1. The molecule has 5 nitrogen and oxygen atoms in total. The van der Waals surface area contributed by atoms with E-state index in [1.54, 1.807) is 19.1 Å². The molecule has 1 aromatic heterocycles. The van der Waals surface area contributed by atoms with Gasteiger partial charge >= 0.3 is 5.97 Å². The number of nitrogens with zero attached hydrogens (tertiary/aromatic N) is 1. The van der Waals surface area contributed by atoms with E-state index in [2.05, 4.69) is 0 Å². The Morgan fingerprint density at radius 2 is 2.15 bits per heavy atom. The van der Waals surface area contributed by atoms with Crippen molar-refractivity contribution in [2.24, 2.45) is 0 Å². The first-order valence-electron chi connectivity index (χ1n) is 6.12. The molecule has 1 aliphatic carbocycles. The van der Waals surface area contributed by atoms with E-state index in [-0.39, 0.29) is 15.5 Å². The molecular weight excluding hydrogens is 278 g/mol. The topological polar surface area (TPSA) is 80.4 Å². The van der Waals surface area contributed by atoms with E-state index in [1.807, 2.05) is 6.07 Å². The average Bonchev–Trinajstić information content (AvgIpc) is 2.82. The number of thiophene rings is 1. The second kappa shape index (κ2) is 4.42. The normalized spacial score (nSPS) is 12.7. The molecule has 0 saturated heterocycles. The lowest BCUT2D eigenvalue weighted by atomic mass is 9.89. The number of aryl methyl sites for hydroxylation is 2. The predicted molar refractivity (Wildman–Crippen MR) is 75.5 cm³/mol. The summed E-state index contributed by atoms with van der Waals surface area (Å²) in [7, 11) is 0. The Kier molecular flexibility index (Phi) is 2.83. The maximum Gasteiger partial charge on any atom is 0.345 e. The third kappa shape index (κ3) is 1.80. The highest BCUT2D eigenvalue weighted by molar-refractivity contribution is 7.17. The minimum Gasteiger partial charge on any atom is -0.477 e. The van der Waals surface area contributed by atoms with Gasteiger partial charge in [-0.05, 0) is 31.4 Å². The van der Waals surface area contributed by atoms with E-state index in [1.165, 1.54) is 11.3 Å². The molecular formula is C14H11NO4S. The monoisotopic (exact) mass is 289 g/mol. The minimum absolute atomic E-state index is 0.165. The van der Waals surface area contributed by atoms with Crippen LogP contribution in [0.4, 0.5) is 5.69 Å². The van der Waals surface area contributed by atoms with Crippen LogP contribution in [-0.4, -0.2) is 16.0 Å². The molecule has 102 valence electrons. The van der Waals surface area contributed by atoms with Crippen LogP contribution in [0.1, 0.15) is 26.4 Å². The number of carboxylic acid groups (broad SMARTS) is 1. The summed E-state index contributed by atoms with van der Waals surface area (Å²) < 4.78 is 0. The second-order valence-electron chi connectivity index (χ2n) is 4.78. The second-order valence-corrected chi connectivity index (χ2v) is 5.84. The van der Waals surface area contributed by atoms with Gasteiger partial charge in [0.1, 0.15) is 4.88 Å². The fourth-order valence-corrected chi connectivity index (χ4v) is 3.78. The van der Waals surface area contributed by atoms with Crippen molar-refractivity contribution in [3.63, 3.8) is 0 Å². The maximum absolute atomic E-state index is 11.2. The van der Waals surface area contributed by atoms with Gasteiger partial charge in [-0.15, -0.1) is 11.3 Å². The number of aromatic carboxylic acids is 1. The highest BCUT2D eigenvalue weighted by Gasteiger charge is 2.28. The maximum atomic E-state index is 11.2. The lowest BCUT2D eigenvalue weighted by Gasteiger charge is -2.16. The summed E-state index contributed by atoms with van der Waals surface area (Å²) >= 11 is 1.19. The van der Waals surface area contributed by atoms with E-state index < -0.39 is 5.97 Å². The molecule has 0 radical (unpaired) electrons. The molecule has 3 rings (SSSR count). The van der Waals surface area contributed by atoms with Crippen molar-refractivity contribution < 1.29 is 14.8 Å². The summed E-state index contributed by atoms with van der Waals surface area (Å²) in [5.41, 5.74) is 3.31. The summed E-state index contributed by atoms with van der Waals surface area (Å²) in [5, 5.41) is 20.3. The van der Waals surface area contributed by atoms with Crippen molar-refractivity contribution in [1.29, 1.82) is 0 Å². The zero-order valence-corrected chi connectivity index (χ0v) is 11.5. The lowest BCUT2D eigenvalue weighted by molar-refractivity contribution is -0.386. The fourth-order valence-electron chi connectivity index (χ4n) is 2.68. The predicted octanol–water partition coefficient (Wildman–Crippen LogP) is 3.43. The van der Waals surface area contributed by atoms with Crippen LogP contribution >= 0.6 is 11.3 Å². The number of nitro benzene ring substituents is 1.